The largest absolute Gasteiger partial charge is 1.00 e. The molecule has 202 valence electrons. The molecule has 4 atom stereocenters. The molecule has 0 spiro atoms. The van der Waals surface area contributed by atoms with Gasteiger partial charge in [0.05, 0.1) is 26.7 Å². The number of halogens is 3. The van der Waals surface area contributed by atoms with Crippen molar-refractivity contribution >= 4 is 5.97 Å². The van der Waals surface area contributed by atoms with Gasteiger partial charge in [0.1, 0.15) is 6.54 Å². The SMILES string of the molecule is C[N+]1(Cc2ccccc2)CC2CCC(C1)C2COC(=O)[C@](O)(c1ccccc1)[C@@H]1CCCC(F)(F)C1.[I-]. The third-order valence-electron chi connectivity index (χ3n) is 9.04. The zero-order valence-electron chi connectivity index (χ0n) is 21.5. The van der Waals surface area contributed by atoms with Crippen LogP contribution in [0.4, 0.5) is 8.78 Å². The number of fused-ring (bicyclic) bond motifs is 2. The summed E-state index contributed by atoms with van der Waals surface area (Å²) < 4.78 is 35.5. The van der Waals surface area contributed by atoms with E-state index in [1.54, 1.807) is 30.3 Å². The van der Waals surface area contributed by atoms with E-state index in [1.807, 2.05) is 6.07 Å². The number of alkyl halides is 2. The number of hydrogen-bond acceptors (Lipinski definition) is 3. The van der Waals surface area contributed by atoms with Gasteiger partial charge in [-0.1, -0.05) is 60.7 Å². The lowest BCUT2D eigenvalue weighted by atomic mass is 9.72. The van der Waals surface area contributed by atoms with Gasteiger partial charge >= 0.3 is 5.97 Å². The van der Waals surface area contributed by atoms with Gasteiger partial charge in [0.15, 0.2) is 5.60 Å². The van der Waals surface area contributed by atoms with E-state index in [2.05, 4.69) is 31.3 Å². The maximum absolute atomic E-state index is 14.3. The van der Waals surface area contributed by atoms with Crippen LogP contribution in [0.3, 0.4) is 0 Å². The molecule has 7 heteroatoms. The molecule has 1 heterocycles. The minimum Gasteiger partial charge on any atom is -1.00 e. The molecule has 3 aliphatic rings. The van der Waals surface area contributed by atoms with E-state index < -0.39 is 29.8 Å². The first kappa shape index (κ1) is 28.4. The average molecular weight is 626 g/mol. The average Bonchev–Trinajstić information content (AvgIpc) is 3.12. The van der Waals surface area contributed by atoms with Gasteiger partial charge in [-0.2, -0.15) is 0 Å². The van der Waals surface area contributed by atoms with E-state index in [-0.39, 0.29) is 49.3 Å². The predicted octanol–water partition coefficient (Wildman–Crippen LogP) is 2.55. The van der Waals surface area contributed by atoms with E-state index in [4.69, 9.17) is 4.74 Å². The molecule has 2 aliphatic carbocycles. The third kappa shape index (κ3) is 6.04. The number of piperidine rings is 1. The minimum atomic E-state index is -2.88. The first-order valence-corrected chi connectivity index (χ1v) is 13.4. The lowest BCUT2D eigenvalue weighted by Gasteiger charge is -2.45. The highest BCUT2D eigenvalue weighted by Gasteiger charge is 2.53. The third-order valence-corrected chi connectivity index (χ3v) is 9.04. The van der Waals surface area contributed by atoms with Gasteiger partial charge in [-0.3, -0.25) is 0 Å². The number of likely N-dealkylation sites (tertiary alicyclic amines) is 1. The molecule has 1 N–H and O–H groups in total. The summed E-state index contributed by atoms with van der Waals surface area (Å²) >= 11 is 0. The molecular weight excluding hydrogens is 587 g/mol. The quantitative estimate of drug-likeness (QED) is 0.293. The van der Waals surface area contributed by atoms with Gasteiger partial charge in [-0.15, -0.1) is 0 Å². The second kappa shape index (κ2) is 11.3. The lowest BCUT2D eigenvalue weighted by molar-refractivity contribution is -0.933. The van der Waals surface area contributed by atoms with Crippen molar-refractivity contribution in [3.63, 3.8) is 0 Å². The molecule has 2 saturated carbocycles. The molecule has 37 heavy (non-hydrogen) atoms. The van der Waals surface area contributed by atoms with Crippen molar-refractivity contribution in [1.82, 2.24) is 0 Å². The Morgan fingerprint density at radius 3 is 2.22 bits per heavy atom. The van der Waals surface area contributed by atoms with Crippen molar-refractivity contribution in [2.45, 2.75) is 56.6 Å². The Labute approximate surface area is 236 Å². The van der Waals surface area contributed by atoms with Crippen LogP contribution in [0, 0.1) is 23.7 Å². The Balaban J connectivity index is 0.00000320. The number of esters is 1. The number of carbonyl (C=O) groups excluding carboxylic acids is 1. The fourth-order valence-electron chi connectivity index (χ4n) is 7.35. The fourth-order valence-corrected chi connectivity index (χ4v) is 7.35. The van der Waals surface area contributed by atoms with Gasteiger partial charge in [0, 0.05) is 42.1 Å². The zero-order valence-corrected chi connectivity index (χ0v) is 23.7. The predicted molar refractivity (Wildman–Crippen MR) is 134 cm³/mol. The Morgan fingerprint density at radius 2 is 1.62 bits per heavy atom. The summed E-state index contributed by atoms with van der Waals surface area (Å²) in [4.78, 5) is 13.5. The fraction of sp³-hybridized carbons (Fsp3) is 0.567. The van der Waals surface area contributed by atoms with Crippen LogP contribution in [-0.4, -0.2) is 48.2 Å². The first-order chi connectivity index (χ1) is 17.2. The maximum Gasteiger partial charge on any atom is 0.343 e. The molecule has 0 radical (unpaired) electrons. The highest BCUT2D eigenvalue weighted by atomic mass is 127. The minimum absolute atomic E-state index is 0. The van der Waals surface area contributed by atoms with Crippen LogP contribution >= 0.6 is 0 Å². The van der Waals surface area contributed by atoms with Crippen molar-refractivity contribution in [1.29, 1.82) is 0 Å². The van der Waals surface area contributed by atoms with Crippen LogP contribution < -0.4 is 24.0 Å². The number of hydrogen-bond donors (Lipinski definition) is 1. The number of carbonyl (C=O) groups is 1. The van der Waals surface area contributed by atoms with Crippen LogP contribution in [0.25, 0.3) is 0 Å². The van der Waals surface area contributed by atoms with Gasteiger partial charge < -0.3 is 38.3 Å². The summed E-state index contributed by atoms with van der Waals surface area (Å²) in [6.07, 6.45) is 2.19. The van der Waals surface area contributed by atoms with Gasteiger partial charge in [-0.25, -0.2) is 13.6 Å². The van der Waals surface area contributed by atoms with Crippen molar-refractivity contribution in [3.05, 3.63) is 71.8 Å². The molecule has 3 fully saturated rings. The molecule has 2 aromatic carbocycles. The van der Waals surface area contributed by atoms with E-state index in [0.29, 0.717) is 23.8 Å². The second-order valence-electron chi connectivity index (χ2n) is 11.8. The highest BCUT2D eigenvalue weighted by Crippen LogP contribution is 2.47. The van der Waals surface area contributed by atoms with Crippen LogP contribution in [-0.2, 0) is 21.7 Å². The molecule has 0 amide bonds. The Hall–Kier alpha value is -1.58. The van der Waals surface area contributed by atoms with Gasteiger partial charge in [0.2, 0.25) is 5.92 Å². The number of nitrogens with zero attached hydrogens (tertiary/aromatic N) is 1. The molecular formula is C30H38F2INO3. The lowest BCUT2D eigenvalue weighted by Crippen LogP contribution is -3.00. The Bertz CT molecular complexity index is 1040. The summed E-state index contributed by atoms with van der Waals surface area (Å²) in [5, 5.41) is 11.7. The molecule has 4 nitrogen and oxygen atoms in total. The second-order valence-corrected chi connectivity index (χ2v) is 11.8. The summed E-state index contributed by atoms with van der Waals surface area (Å²) in [5.74, 6) is -3.37. The van der Waals surface area contributed by atoms with E-state index in [0.717, 1.165) is 37.0 Å². The monoisotopic (exact) mass is 625 g/mol. The van der Waals surface area contributed by atoms with Crippen molar-refractivity contribution < 1.29 is 51.9 Å². The standard InChI is InChI=1S/C30H38F2NO3.HI/c1-33(18-22-9-4-2-5-10-22)19-23-14-15-24(20-33)27(23)21-36-28(34)30(35,25-11-6-3-7-12-25)26-13-8-16-29(31,32)17-26;/h2-7,9-12,23-24,26-27,35H,8,13-21H2,1H3;1H/q+1;/p-1/t23?,24?,26-,27?,30+,33?;/m1./s1. The number of benzene rings is 2. The zero-order chi connectivity index (χ0) is 25.4. The van der Waals surface area contributed by atoms with E-state index in [1.165, 1.54) is 5.56 Å². The van der Waals surface area contributed by atoms with Crippen LogP contribution in [0.15, 0.2) is 60.7 Å². The molecule has 2 unspecified atom stereocenters. The highest BCUT2D eigenvalue weighted by molar-refractivity contribution is 5.81. The molecule has 0 aromatic heterocycles. The summed E-state index contributed by atoms with van der Waals surface area (Å²) in [6, 6.07) is 19.1. The number of aliphatic hydroxyl groups is 1. The topological polar surface area (TPSA) is 46.5 Å². The molecule has 2 bridgehead atoms. The van der Waals surface area contributed by atoms with Crippen LogP contribution in [0.2, 0.25) is 0 Å². The number of rotatable bonds is 7. The van der Waals surface area contributed by atoms with Gasteiger partial charge in [0.25, 0.3) is 0 Å². The number of ether oxygens (including phenoxy) is 1. The van der Waals surface area contributed by atoms with Crippen LogP contribution in [0.1, 0.15) is 49.7 Å². The summed E-state index contributed by atoms with van der Waals surface area (Å²) in [7, 11) is 2.32. The Morgan fingerprint density at radius 1 is 1.03 bits per heavy atom. The molecule has 1 saturated heterocycles. The van der Waals surface area contributed by atoms with Crippen molar-refractivity contribution in [3.8, 4) is 0 Å². The first-order valence-electron chi connectivity index (χ1n) is 13.4. The summed E-state index contributed by atoms with van der Waals surface area (Å²) in [6.45, 7) is 3.30. The van der Waals surface area contributed by atoms with Gasteiger partial charge in [-0.05, 0) is 31.2 Å². The maximum atomic E-state index is 14.3. The summed E-state index contributed by atoms with van der Waals surface area (Å²) in [5.41, 5.74) is -0.380. The number of quaternary nitrogens is 1. The molecule has 1 aliphatic heterocycles. The van der Waals surface area contributed by atoms with Crippen molar-refractivity contribution in [2.24, 2.45) is 23.7 Å². The van der Waals surface area contributed by atoms with Crippen molar-refractivity contribution in [2.75, 3.05) is 26.7 Å². The normalized spacial score (nSPS) is 32.1. The van der Waals surface area contributed by atoms with E-state index in [9.17, 15) is 18.7 Å². The smallest absolute Gasteiger partial charge is 0.343 e. The Kier molecular flexibility index (Phi) is 8.65. The van der Waals surface area contributed by atoms with E-state index >= 15 is 0 Å². The molecule has 5 rings (SSSR count). The van der Waals surface area contributed by atoms with Crippen LogP contribution in [0.5, 0.6) is 0 Å². The molecule has 2 aromatic rings.